The summed E-state index contributed by atoms with van der Waals surface area (Å²) in [6.45, 7) is 8.75. The topological polar surface area (TPSA) is 42.3 Å². The SMILES string of the molecule is CC(C)(C)C.N=C(Oc1ccccc1)Oc1ccccc1. The third-order valence-corrected chi connectivity index (χ3v) is 1.91. The largest absolute Gasteiger partial charge is 0.411 e. The molecule has 0 fully saturated rings. The lowest BCUT2D eigenvalue weighted by Crippen LogP contribution is -2.14. The maximum absolute atomic E-state index is 7.52. The van der Waals surface area contributed by atoms with Crippen molar-refractivity contribution in [3.05, 3.63) is 60.7 Å². The Morgan fingerprint density at radius 2 is 1.00 bits per heavy atom. The molecule has 0 aromatic heterocycles. The third-order valence-electron chi connectivity index (χ3n) is 1.91. The lowest BCUT2D eigenvalue weighted by Gasteiger charge is -2.07. The zero-order valence-corrected chi connectivity index (χ0v) is 13.1. The quantitative estimate of drug-likeness (QED) is 0.614. The van der Waals surface area contributed by atoms with Crippen molar-refractivity contribution in [3.8, 4) is 11.5 Å². The first kappa shape index (κ1) is 16.8. The van der Waals surface area contributed by atoms with E-state index in [-0.39, 0.29) is 6.08 Å². The minimum atomic E-state index is -0.239. The molecule has 0 aliphatic rings. The Bertz CT molecular complexity index is 481. The van der Waals surface area contributed by atoms with E-state index in [4.69, 9.17) is 14.9 Å². The first-order valence-corrected chi connectivity index (χ1v) is 6.89. The molecule has 0 saturated heterocycles. The van der Waals surface area contributed by atoms with Gasteiger partial charge in [-0.2, -0.15) is 0 Å². The van der Waals surface area contributed by atoms with Crippen LogP contribution in [-0.4, -0.2) is 6.08 Å². The van der Waals surface area contributed by atoms with Gasteiger partial charge in [0, 0.05) is 0 Å². The number of nitrogens with one attached hydrogen (secondary N) is 1. The summed E-state index contributed by atoms with van der Waals surface area (Å²) in [4.78, 5) is 0. The zero-order chi connectivity index (χ0) is 15.7. The summed E-state index contributed by atoms with van der Waals surface area (Å²) in [7, 11) is 0. The molecule has 0 bridgehead atoms. The van der Waals surface area contributed by atoms with Crippen LogP contribution in [0.5, 0.6) is 11.5 Å². The Hall–Kier alpha value is -2.29. The molecule has 0 amide bonds. The van der Waals surface area contributed by atoms with Crippen LogP contribution in [0.3, 0.4) is 0 Å². The number of rotatable bonds is 2. The summed E-state index contributed by atoms with van der Waals surface area (Å²) >= 11 is 0. The summed E-state index contributed by atoms with van der Waals surface area (Å²) in [6, 6.07) is 18.2. The number of benzene rings is 2. The van der Waals surface area contributed by atoms with Gasteiger partial charge in [0.25, 0.3) is 0 Å². The van der Waals surface area contributed by atoms with E-state index in [2.05, 4.69) is 27.7 Å². The molecule has 2 rings (SSSR count). The van der Waals surface area contributed by atoms with Gasteiger partial charge in [-0.25, -0.2) is 5.41 Å². The second kappa shape index (κ2) is 8.10. The van der Waals surface area contributed by atoms with Gasteiger partial charge in [-0.1, -0.05) is 64.1 Å². The highest BCUT2D eigenvalue weighted by Gasteiger charge is 2.02. The van der Waals surface area contributed by atoms with Crippen LogP contribution >= 0.6 is 0 Å². The molecule has 21 heavy (non-hydrogen) atoms. The highest BCUT2D eigenvalue weighted by molar-refractivity contribution is 5.69. The van der Waals surface area contributed by atoms with Crippen molar-refractivity contribution in [1.29, 1.82) is 5.41 Å². The van der Waals surface area contributed by atoms with Crippen LogP contribution < -0.4 is 9.47 Å². The van der Waals surface area contributed by atoms with E-state index in [9.17, 15) is 0 Å². The Labute approximate surface area is 127 Å². The molecule has 0 atom stereocenters. The minimum Gasteiger partial charge on any atom is -0.411 e. The van der Waals surface area contributed by atoms with Gasteiger partial charge in [0.15, 0.2) is 0 Å². The minimum absolute atomic E-state index is 0.239. The Kier molecular flexibility index (Phi) is 6.47. The standard InChI is InChI=1S/C13H11NO2.C5H12/c14-13(15-11-7-3-1-4-8-11)16-12-9-5-2-6-10-12;1-5(2,3)4/h1-10,14H;1-4H3. The summed E-state index contributed by atoms with van der Waals surface area (Å²) in [5.41, 5.74) is 0.500. The molecule has 0 radical (unpaired) electrons. The molecule has 112 valence electrons. The molecule has 2 aromatic rings. The van der Waals surface area contributed by atoms with Gasteiger partial charge in [0.2, 0.25) is 0 Å². The number of hydrogen-bond acceptors (Lipinski definition) is 3. The van der Waals surface area contributed by atoms with Gasteiger partial charge in [-0.3, -0.25) is 0 Å². The van der Waals surface area contributed by atoms with Crippen molar-refractivity contribution in [2.24, 2.45) is 5.41 Å². The highest BCUT2D eigenvalue weighted by atomic mass is 16.7. The fourth-order valence-corrected chi connectivity index (χ4v) is 1.21. The van der Waals surface area contributed by atoms with Gasteiger partial charge in [-0.15, -0.1) is 0 Å². The summed E-state index contributed by atoms with van der Waals surface area (Å²) in [6.07, 6.45) is -0.239. The van der Waals surface area contributed by atoms with Crippen molar-refractivity contribution in [1.82, 2.24) is 0 Å². The van der Waals surface area contributed by atoms with Crippen molar-refractivity contribution >= 4 is 6.08 Å². The van der Waals surface area contributed by atoms with Crippen LogP contribution in [0.25, 0.3) is 0 Å². The first-order chi connectivity index (χ1) is 9.84. The predicted octanol–water partition coefficient (Wildman–Crippen LogP) is 5.13. The van der Waals surface area contributed by atoms with Gasteiger partial charge in [0.05, 0.1) is 0 Å². The normalized spacial score (nSPS) is 10.1. The molecule has 0 aliphatic heterocycles. The molecule has 0 aliphatic carbocycles. The van der Waals surface area contributed by atoms with E-state index in [0.29, 0.717) is 16.9 Å². The van der Waals surface area contributed by atoms with Crippen LogP contribution in [0.15, 0.2) is 60.7 Å². The van der Waals surface area contributed by atoms with Crippen LogP contribution in [0.2, 0.25) is 0 Å². The summed E-state index contributed by atoms with van der Waals surface area (Å²) < 4.78 is 10.4. The van der Waals surface area contributed by atoms with E-state index < -0.39 is 0 Å². The summed E-state index contributed by atoms with van der Waals surface area (Å²) in [5.74, 6) is 1.17. The summed E-state index contributed by atoms with van der Waals surface area (Å²) in [5, 5.41) is 7.52. The van der Waals surface area contributed by atoms with Crippen LogP contribution in [0.4, 0.5) is 0 Å². The average Bonchev–Trinajstić information content (AvgIpc) is 2.39. The molecule has 0 unspecified atom stereocenters. The lowest BCUT2D eigenvalue weighted by atomic mass is 10.0. The lowest BCUT2D eigenvalue weighted by molar-refractivity contribution is 0.379. The molecule has 3 heteroatoms. The second-order valence-electron chi connectivity index (χ2n) is 6.12. The van der Waals surface area contributed by atoms with Crippen LogP contribution in [0.1, 0.15) is 27.7 Å². The Morgan fingerprint density at radius 3 is 1.29 bits per heavy atom. The van der Waals surface area contributed by atoms with Gasteiger partial charge >= 0.3 is 6.08 Å². The van der Waals surface area contributed by atoms with E-state index in [0.717, 1.165) is 0 Å². The smallest absolute Gasteiger partial charge is 0.391 e. The van der Waals surface area contributed by atoms with E-state index >= 15 is 0 Å². The number of hydrogen-bond donors (Lipinski definition) is 1. The van der Waals surface area contributed by atoms with E-state index in [1.165, 1.54) is 0 Å². The monoisotopic (exact) mass is 285 g/mol. The number of para-hydroxylation sites is 2. The van der Waals surface area contributed by atoms with Gasteiger partial charge < -0.3 is 9.47 Å². The Morgan fingerprint density at radius 1 is 0.714 bits per heavy atom. The molecule has 0 spiro atoms. The van der Waals surface area contributed by atoms with Crippen molar-refractivity contribution in [2.75, 3.05) is 0 Å². The molecule has 3 nitrogen and oxygen atoms in total. The van der Waals surface area contributed by atoms with Crippen molar-refractivity contribution in [2.45, 2.75) is 27.7 Å². The first-order valence-electron chi connectivity index (χ1n) is 6.89. The van der Waals surface area contributed by atoms with E-state index in [1.807, 2.05) is 36.4 Å². The maximum Gasteiger partial charge on any atom is 0.391 e. The second-order valence-corrected chi connectivity index (χ2v) is 6.12. The zero-order valence-electron chi connectivity index (χ0n) is 13.1. The Balaban J connectivity index is 0.000000383. The maximum atomic E-state index is 7.52. The molecule has 0 heterocycles. The average molecular weight is 285 g/mol. The van der Waals surface area contributed by atoms with Crippen molar-refractivity contribution in [3.63, 3.8) is 0 Å². The highest BCUT2D eigenvalue weighted by Crippen LogP contribution is 2.12. The number of ether oxygens (including phenoxy) is 2. The molecule has 0 saturated carbocycles. The third kappa shape index (κ3) is 9.27. The molecular formula is C18H23NO2. The van der Waals surface area contributed by atoms with E-state index in [1.54, 1.807) is 24.3 Å². The molecule has 2 aromatic carbocycles. The predicted molar refractivity (Wildman–Crippen MR) is 87.0 cm³/mol. The van der Waals surface area contributed by atoms with Crippen LogP contribution in [0, 0.1) is 10.8 Å². The van der Waals surface area contributed by atoms with Gasteiger partial charge in [-0.05, 0) is 29.7 Å². The molecular weight excluding hydrogens is 262 g/mol. The van der Waals surface area contributed by atoms with Crippen molar-refractivity contribution < 1.29 is 9.47 Å². The fraction of sp³-hybridized carbons (Fsp3) is 0.278. The van der Waals surface area contributed by atoms with Crippen LogP contribution in [-0.2, 0) is 0 Å². The van der Waals surface area contributed by atoms with Gasteiger partial charge in [0.1, 0.15) is 11.5 Å². The molecule has 1 N–H and O–H groups in total. The fourth-order valence-electron chi connectivity index (χ4n) is 1.21.